The van der Waals surface area contributed by atoms with Crippen LogP contribution < -0.4 is 26.0 Å². The first-order valence-corrected chi connectivity index (χ1v) is 23.6. The summed E-state index contributed by atoms with van der Waals surface area (Å²) in [4.78, 5) is 73.8. The minimum Gasteiger partial charge on any atom is -0.344 e. The van der Waals surface area contributed by atoms with Crippen molar-refractivity contribution < 1.29 is 32.4 Å². The van der Waals surface area contributed by atoms with Gasteiger partial charge in [0.2, 0.25) is 23.6 Å². The zero-order valence-electron chi connectivity index (χ0n) is 35.7. The molecule has 15 heteroatoms. The third kappa shape index (κ3) is 7.10. The van der Waals surface area contributed by atoms with Crippen LogP contribution in [0.15, 0.2) is 12.7 Å². The van der Waals surface area contributed by atoms with Gasteiger partial charge in [-0.05, 0) is 93.4 Å². The number of fused-ring (bicyclic) bond motifs is 1. The first-order chi connectivity index (χ1) is 27.3. The maximum Gasteiger partial charge on any atom is 0.303 e. The van der Waals surface area contributed by atoms with E-state index in [0.717, 1.165) is 70.6 Å². The molecule has 14 nitrogen and oxygen atoms in total. The Morgan fingerprint density at radius 3 is 2.05 bits per heavy atom. The number of carbonyl (C=O) groups is 5. The van der Waals surface area contributed by atoms with Crippen LogP contribution in [0, 0.1) is 39.4 Å². The van der Waals surface area contributed by atoms with Crippen molar-refractivity contribution >= 4 is 39.7 Å². The van der Waals surface area contributed by atoms with Gasteiger partial charge in [-0.2, -0.15) is 12.7 Å². The maximum absolute atomic E-state index is 15.2. The topological polar surface area (TPSA) is 186 Å². The van der Waals surface area contributed by atoms with Crippen molar-refractivity contribution in [3.63, 3.8) is 0 Å². The summed E-state index contributed by atoms with van der Waals surface area (Å²) in [5, 5.41) is 12.5. The first kappa shape index (κ1) is 43.1. The van der Waals surface area contributed by atoms with E-state index in [-0.39, 0.29) is 58.3 Å². The van der Waals surface area contributed by atoms with Crippen LogP contribution in [0.5, 0.6) is 0 Å². The van der Waals surface area contributed by atoms with Gasteiger partial charge in [0.25, 0.3) is 5.91 Å². The number of carbonyl (C=O) groups excluding carboxylic acids is 5. The van der Waals surface area contributed by atoms with Crippen LogP contribution in [-0.2, 0) is 34.2 Å². The molecule has 0 aromatic carbocycles. The third-order valence-electron chi connectivity index (χ3n) is 16.4. The predicted molar refractivity (Wildman–Crippen MR) is 220 cm³/mol. The SMILES string of the molecule is C=C[C@@H]1C[C@]1(NC(=O)[C@@H]1C[C@@]2(CN1C(=O)[C@@H](NC(=O)[C@@H](NC(=O)[C@@H]1CCCC1NC)C1CCCCC1)C(C)(C)C)C(C)(C)C21CCC1)C(=O)NS(=O)(=O)N1CCCC1. The molecule has 8 atom stereocenters. The molecule has 2 spiro atoms. The van der Waals surface area contributed by atoms with Gasteiger partial charge in [-0.15, -0.1) is 6.58 Å². The molecule has 58 heavy (non-hydrogen) atoms. The number of nitrogens with zero attached hydrogens (tertiary/aromatic N) is 2. The second-order valence-corrected chi connectivity index (χ2v) is 22.2. The highest BCUT2D eigenvalue weighted by Crippen LogP contribution is 2.88. The van der Waals surface area contributed by atoms with Gasteiger partial charge in [0.15, 0.2) is 0 Å². The smallest absolute Gasteiger partial charge is 0.303 e. The molecule has 2 aliphatic heterocycles. The second-order valence-electron chi connectivity index (χ2n) is 20.5. The Kier molecular flexibility index (Phi) is 11.5. The van der Waals surface area contributed by atoms with E-state index in [1.54, 1.807) is 11.0 Å². The van der Waals surface area contributed by atoms with Gasteiger partial charge in [-0.3, -0.25) is 24.0 Å². The summed E-state index contributed by atoms with van der Waals surface area (Å²) in [6.07, 6.45) is 13.9. The van der Waals surface area contributed by atoms with Gasteiger partial charge in [0.05, 0.1) is 5.92 Å². The van der Waals surface area contributed by atoms with E-state index in [9.17, 15) is 27.6 Å². The van der Waals surface area contributed by atoms with E-state index < -0.39 is 57.0 Å². The van der Waals surface area contributed by atoms with E-state index in [4.69, 9.17) is 0 Å². The Morgan fingerprint density at radius 2 is 1.50 bits per heavy atom. The molecular weight excluding hydrogens is 759 g/mol. The lowest BCUT2D eigenvalue weighted by Gasteiger charge is -2.38. The van der Waals surface area contributed by atoms with Gasteiger partial charge >= 0.3 is 10.2 Å². The minimum atomic E-state index is -4.11. The van der Waals surface area contributed by atoms with E-state index in [0.29, 0.717) is 38.9 Å². The lowest BCUT2D eigenvalue weighted by atomic mass is 9.73. The minimum absolute atomic E-state index is 0.0159. The summed E-state index contributed by atoms with van der Waals surface area (Å²) < 4.78 is 29.8. The molecule has 7 rings (SSSR count). The van der Waals surface area contributed by atoms with Crippen LogP contribution in [0.2, 0.25) is 0 Å². The summed E-state index contributed by atoms with van der Waals surface area (Å²) in [6.45, 7) is 15.0. The molecule has 5 aliphatic carbocycles. The van der Waals surface area contributed by atoms with Crippen LogP contribution in [-0.4, -0.2) is 104 Å². The van der Waals surface area contributed by atoms with Crippen LogP contribution in [0.1, 0.15) is 131 Å². The standard InChI is InChI=1S/C43H69N7O7S/c1-8-28-24-43(28,38(55)48-58(56,57)49-22-12-13-23-49)47-35(52)31-25-42(40(5,6)41(42)20-15-21-41)26-50(31)37(54)33(39(2,3)4)46-36(53)32(27-16-10-9-11-17-27)45-34(51)29-18-14-19-30(29)44-7/h8,27-33,44H,1,9-26H2,2-7H3,(H,45,51)(H,46,53)(H,47,52)(H,48,55)/t28-,29-,30?,31+,32+,33-,42-,43-/m1/s1. The van der Waals surface area contributed by atoms with Crippen LogP contribution in [0.25, 0.3) is 0 Å². The molecule has 0 radical (unpaired) electrons. The number of likely N-dealkylation sites (tertiary alicyclic amines) is 1. The lowest BCUT2D eigenvalue weighted by molar-refractivity contribution is -0.145. The molecule has 0 bridgehead atoms. The average molecular weight is 828 g/mol. The van der Waals surface area contributed by atoms with Crippen LogP contribution in [0.4, 0.5) is 0 Å². The Hall–Kier alpha value is -3.04. The summed E-state index contributed by atoms with van der Waals surface area (Å²) in [5.41, 5.74) is -2.77. The normalized spacial score (nSPS) is 33.9. The molecular formula is C43H69N7O7S. The van der Waals surface area contributed by atoms with Crippen LogP contribution in [0.3, 0.4) is 0 Å². The Balaban J connectivity index is 1.15. The summed E-state index contributed by atoms with van der Waals surface area (Å²) in [6, 6.07) is -2.72. The molecule has 2 saturated heterocycles. The monoisotopic (exact) mass is 827 g/mol. The molecule has 5 amide bonds. The highest BCUT2D eigenvalue weighted by Gasteiger charge is 2.85. The highest BCUT2D eigenvalue weighted by atomic mass is 32.2. The fourth-order valence-corrected chi connectivity index (χ4v) is 13.7. The summed E-state index contributed by atoms with van der Waals surface area (Å²) in [7, 11) is -2.24. The number of amides is 5. The van der Waals surface area contributed by atoms with Gasteiger partial charge in [0, 0.05) is 37.0 Å². The quantitative estimate of drug-likeness (QED) is 0.175. The second kappa shape index (κ2) is 15.5. The fraction of sp³-hybridized carbons (Fsp3) is 0.837. The Bertz CT molecular complexity index is 1780. The lowest BCUT2D eigenvalue weighted by Crippen LogP contribution is -2.62. The van der Waals surface area contributed by atoms with Gasteiger partial charge in [0.1, 0.15) is 23.7 Å². The number of rotatable bonds is 13. The zero-order valence-corrected chi connectivity index (χ0v) is 36.5. The van der Waals surface area contributed by atoms with Crippen molar-refractivity contribution in [2.45, 2.75) is 161 Å². The first-order valence-electron chi connectivity index (χ1n) is 22.1. The number of hydrogen-bond acceptors (Lipinski definition) is 8. The zero-order chi connectivity index (χ0) is 42.1. The molecule has 7 fully saturated rings. The Morgan fingerprint density at radius 1 is 0.828 bits per heavy atom. The van der Waals surface area contributed by atoms with Gasteiger partial charge in [-0.1, -0.05) is 72.8 Å². The largest absolute Gasteiger partial charge is 0.344 e. The highest BCUT2D eigenvalue weighted by molar-refractivity contribution is 7.87. The molecule has 5 saturated carbocycles. The van der Waals surface area contributed by atoms with Crippen LogP contribution >= 0.6 is 0 Å². The van der Waals surface area contributed by atoms with Crippen molar-refractivity contribution in [3.8, 4) is 0 Å². The van der Waals surface area contributed by atoms with Crippen molar-refractivity contribution in [1.82, 2.24) is 35.2 Å². The van der Waals surface area contributed by atoms with E-state index in [1.165, 1.54) is 4.31 Å². The van der Waals surface area contributed by atoms with Gasteiger partial charge < -0.3 is 26.2 Å². The van der Waals surface area contributed by atoms with E-state index in [1.807, 2.05) is 27.8 Å². The molecule has 0 aromatic heterocycles. The molecule has 324 valence electrons. The fourth-order valence-electron chi connectivity index (χ4n) is 12.4. The van der Waals surface area contributed by atoms with Crippen molar-refractivity contribution in [1.29, 1.82) is 0 Å². The van der Waals surface area contributed by atoms with Crippen molar-refractivity contribution in [2.75, 3.05) is 26.7 Å². The van der Waals surface area contributed by atoms with E-state index in [2.05, 4.69) is 46.4 Å². The van der Waals surface area contributed by atoms with Gasteiger partial charge in [-0.25, -0.2) is 4.72 Å². The Labute approximate surface area is 345 Å². The summed E-state index contributed by atoms with van der Waals surface area (Å²) in [5.74, 6) is -2.99. The van der Waals surface area contributed by atoms with Crippen molar-refractivity contribution in [2.24, 2.45) is 39.4 Å². The number of nitrogens with one attached hydrogen (secondary N) is 5. The molecule has 2 heterocycles. The molecule has 1 unspecified atom stereocenters. The molecule has 7 aliphatic rings. The van der Waals surface area contributed by atoms with Crippen molar-refractivity contribution in [3.05, 3.63) is 12.7 Å². The molecule has 5 N–H and O–H groups in total. The maximum atomic E-state index is 15.2. The number of hydrogen-bond donors (Lipinski definition) is 5. The average Bonchev–Trinajstić information content (AvgIpc) is 3.58. The predicted octanol–water partition coefficient (Wildman–Crippen LogP) is 3.29. The van der Waals surface area contributed by atoms with E-state index >= 15 is 4.79 Å². The molecule has 0 aromatic rings. The third-order valence-corrected chi connectivity index (χ3v) is 17.9. The summed E-state index contributed by atoms with van der Waals surface area (Å²) >= 11 is 0.